The van der Waals surface area contributed by atoms with E-state index in [0.29, 0.717) is 16.9 Å². The average Bonchev–Trinajstić information content (AvgIpc) is 2.49. The van der Waals surface area contributed by atoms with Crippen LogP contribution in [-0.2, 0) is 0 Å². The van der Waals surface area contributed by atoms with Gasteiger partial charge in [0.15, 0.2) is 5.65 Å². The summed E-state index contributed by atoms with van der Waals surface area (Å²) < 4.78 is 0. The molecule has 0 amide bonds. The van der Waals surface area contributed by atoms with Crippen LogP contribution in [0.25, 0.3) is 11.2 Å². The van der Waals surface area contributed by atoms with Gasteiger partial charge >= 0.3 is 0 Å². The molecule has 2 aromatic heterocycles. The van der Waals surface area contributed by atoms with Gasteiger partial charge in [-0.15, -0.1) is 0 Å². The summed E-state index contributed by atoms with van der Waals surface area (Å²) in [7, 11) is 0. The highest BCUT2D eigenvalue weighted by atomic mass is 16.3. The summed E-state index contributed by atoms with van der Waals surface area (Å²) in [4.78, 5) is 8.15. The molecule has 12 heavy (non-hydrogen) atoms. The molecule has 2 rings (SSSR count). The van der Waals surface area contributed by atoms with E-state index >= 15 is 0 Å². The Morgan fingerprint density at radius 2 is 2.33 bits per heavy atom. The van der Waals surface area contributed by atoms with E-state index in [0.717, 1.165) is 0 Å². The molecule has 1 atom stereocenters. The van der Waals surface area contributed by atoms with Crippen molar-refractivity contribution in [3.8, 4) is 0 Å². The molecule has 5 heteroatoms. The van der Waals surface area contributed by atoms with Crippen LogP contribution in [0.15, 0.2) is 12.4 Å². The van der Waals surface area contributed by atoms with Crippen molar-refractivity contribution in [1.82, 2.24) is 20.2 Å². The van der Waals surface area contributed by atoms with Crippen molar-refractivity contribution in [2.24, 2.45) is 0 Å². The van der Waals surface area contributed by atoms with Crippen molar-refractivity contribution >= 4 is 11.2 Å². The van der Waals surface area contributed by atoms with E-state index in [1.807, 2.05) is 0 Å². The Balaban J connectivity index is 2.60. The van der Waals surface area contributed by atoms with Gasteiger partial charge in [-0.05, 0) is 6.92 Å². The van der Waals surface area contributed by atoms with Gasteiger partial charge in [0, 0.05) is 0 Å². The van der Waals surface area contributed by atoms with Gasteiger partial charge in [0.05, 0.1) is 24.2 Å². The quantitative estimate of drug-likeness (QED) is 0.640. The van der Waals surface area contributed by atoms with E-state index in [1.54, 1.807) is 13.1 Å². The molecule has 0 aliphatic carbocycles. The Hall–Kier alpha value is -1.49. The van der Waals surface area contributed by atoms with Crippen LogP contribution >= 0.6 is 0 Å². The number of aromatic nitrogens is 4. The fourth-order valence-corrected chi connectivity index (χ4v) is 0.950. The third-order valence-corrected chi connectivity index (χ3v) is 1.60. The van der Waals surface area contributed by atoms with Gasteiger partial charge in [-0.1, -0.05) is 0 Å². The lowest BCUT2D eigenvalue weighted by Gasteiger charge is -2.00. The van der Waals surface area contributed by atoms with Crippen molar-refractivity contribution < 1.29 is 5.11 Å². The molecule has 0 aromatic carbocycles. The van der Waals surface area contributed by atoms with Crippen LogP contribution in [-0.4, -0.2) is 25.3 Å². The lowest BCUT2D eigenvalue weighted by atomic mass is 10.3. The summed E-state index contributed by atoms with van der Waals surface area (Å²) in [5.74, 6) is 0. The van der Waals surface area contributed by atoms with Crippen molar-refractivity contribution in [1.29, 1.82) is 0 Å². The normalized spacial score (nSPS) is 13.5. The van der Waals surface area contributed by atoms with Gasteiger partial charge in [-0.2, -0.15) is 5.10 Å². The monoisotopic (exact) mass is 164 g/mol. The summed E-state index contributed by atoms with van der Waals surface area (Å²) in [6.45, 7) is 1.65. The minimum absolute atomic E-state index is 0.559. The molecule has 0 radical (unpaired) electrons. The first-order valence-electron chi connectivity index (χ1n) is 3.61. The lowest BCUT2D eigenvalue weighted by molar-refractivity contribution is 0.194. The van der Waals surface area contributed by atoms with Crippen LogP contribution in [0.4, 0.5) is 0 Å². The van der Waals surface area contributed by atoms with Crippen molar-refractivity contribution in [2.75, 3.05) is 0 Å². The third kappa shape index (κ3) is 1.04. The number of aliphatic hydroxyl groups excluding tert-OH is 1. The summed E-state index contributed by atoms with van der Waals surface area (Å²) in [5.41, 5.74) is 1.87. The molecule has 0 aliphatic heterocycles. The molecule has 0 bridgehead atoms. The first kappa shape index (κ1) is 7.17. The average molecular weight is 164 g/mol. The zero-order valence-corrected chi connectivity index (χ0v) is 6.52. The fraction of sp³-hybridized carbons (Fsp3) is 0.286. The Bertz CT molecular complexity index is 395. The number of fused-ring (bicyclic) bond motifs is 1. The van der Waals surface area contributed by atoms with Gasteiger partial charge in [-0.25, -0.2) is 9.97 Å². The Morgan fingerprint density at radius 1 is 1.50 bits per heavy atom. The van der Waals surface area contributed by atoms with E-state index in [2.05, 4.69) is 20.2 Å². The zero-order valence-electron chi connectivity index (χ0n) is 6.52. The second-order valence-corrected chi connectivity index (χ2v) is 2.57. The molecule has 0 saturated carbocycles. The predicted molar refractivity (Wildman–Crippen MR) is 42.3 cm³/mol. The number of aromatic amines is 1. The minimum atomic E-state index is -0.586. The van der Waals surface area contributed by atoms with Crippen LogP contribution in [0.2, 0.25) is 0 Å². The summed E-state index contributed by atoms with van der Waals surface area (Å²) >= 11 is 0. The Kier molecular flexibility index (Phi) is 1.51. The molecule has 1 unspecified atom stereocenters. The van der Waals surface area contributed by atoms with Gasteiger partial charge in [0.25, 0.3) is 0 Å². The molecule has 0 fully saturated rings. The fourth-order valence-electron chi connectivity index (χ4n) is 0.950. The molecular formula is C7H8N4O. The third-order valence-electron chi connectivity index (χ3n) is 1.60. The molecule has 0 saturated heterocycles. The first-order valence-corrected chi connectivity index (χ1v) is 3.61. The van der Waals surface area contributed by atoms with E-state index < -0.39 is 6.10 Å². The second-order valence-electron chi connectivity index (χ2n) is 2.57. The number of nitrogens with one attached hydrogen (secondary N) is 1. The maximum Gasteiger partial charge on any atom is 0.174 e. The van der Waals surface area contributed by atoms with Gasteiger partial charge < -0.3 is 5.11 Å². The Labute approximate surface area is 68.5 Å². The van der Waals surface area contributed by atoms with Crippen LogP contribution in [0.5, 0.6) is 0 Å². The van der Waals surface area contributed by atoms with Crippen LogP contribution in [0.1, 0.15) is 18.7 Å². The molecule has 2 heterocycles. The van der Waals surface area contributed by atoms with Crippen LogP contribution in [0, 0.1) is 0 Å². The van der Waals surface area contributed by atoms with Crippen molar-refractivity contribution in [3.63, 3.8) is 0 Å². The Morgan fingerprint density at radius 3 is 3.08 bits per heavy atom. The number of rotatable bonds is 1. The van der Waals surface area contributed by atoms with Crippen LogP contribution < -0.4 is 0 Å². The minimum Gasteiger partial charge on any atom is -0.387 e. The van der Waals surface area contributed by atoms with Crippen LogP contribution in [0.3, 0.4) is 0 Å². The van der Waals surface area contributed by atoms with E-state index in [-0.39, 0.29) is 0 Å². The van der Waals surface area contributed by atoms with Gasteiger partial charge in [0.2, 0.25) is 0 Å². The molecule has 2 N–H and O–H groups in total. The highest BCUT2D eigenvalue weighted by Crippen LogP contribution is 2.10. The molecule has 62 valence electrons. The highest BCUT2D eigenvalue weighted by molar-refractivity contribution is 5.67. The largest absolute Gasteiger partial charge is 0.387 e. The standard InChI is InChI=1S/C7H8N4O/c1-4(12)5-2-8-7-6(10-5)3-9-11-7/h2-4,12H,1H3,(H,8,9,11). The maximum absolute atomic E-state index is 9.19. The smallest absolute Gasteiger partial charge is 0.174 e. The van der Waals surface area contributed by atoms with E-state index in [4.69, 9.17) is 0 Å². The molecule has 2 aromatic rings. The number of hydrogen-bond acceptors (Lipinski definition) is 4. The predicted octanol–water partition coefficient (Wildman–Crippen LogP) is 0.406. The summed E-state index contributed by atoms with van der Waals surface area (Å²) in [5, 5.41) is 15.6. The highest BCUT2D eigenvalue weighted by Gasteiger charge is 2.04. The zero-order chi connectivity index (χ0) is 8.55. The lowest BCUT2D eigenvalue weighted by Crippen LogP contribution is -1.96. The molecule has 0 aliphatic rings. The number of nitrogens with zero attached hydrogens (tertiary/aromatic N) is 3. The maximum atomic E-state index is 9.19. The van der Waals surface area contributed by atoms with Crippen molar-refractivity contribution in [2.45, 2.75) is 13.0 Å². The summed E-state index contributed by atoms with van der Waals surface area (Å²) in [6, 6.07) is 0. The summed E-state index contributed by atoms with van der Waals surface area (Å²) in [6.07, 6.45) is 2.52. The molecule has 0 spiro atoms. The number of hydrogen-bond donors (Lipinski definition) is 2. The number of aliphatic hydroxyl groups is 1. The van der Waals surface area contributed by atoms with Gasteiger partial charge in [0.1, 0.15) is 5.52 Å². The van der Waals surface area contributed by atoms with Crippen molar-refractivity contribution in [3.05, 3.63) is 18.1 Å². The van der Waals surface area contributed by atoms with Gasteiger partial charge in [-0.3, -0.25) is 5.10 Å². The topological polar surface area (TPSA) is 74.7 Å². The molecular weight excluding hydrogens is 156 g/mol. The first-order chi connectivity index (χ1) is 5.77. The SMILES string of the molecule is CC(O)c1cnc2[nH]ncc2n1. The van der Waals surface area contributed by atoms with E-state index in [9.17, 15) is 5.11 Å². The molecule has 5 nitrogen and oxygen atoms in total. The second kappa shape index (κ2) is 2.53. The van der Waals surface area contributed by atoms with E-state index in [1.165, 1.54) is 6.20 Å². The number of H-pyrrole nitrogens is 1.